The number of nitrogens with zero attached hydrogens (tertiary/aromatic N) is 1. The quantitative estimate of drug-likeness (QED) is 0.641. The van der Waals surface area contributed by atoms with Gasteiger partial charge in [0.15, 0.2) is 5.69 Å². The molecule has 7 nitrogen and oxygen atoms in total. The second kappa shape index (κ2) is 6.23. The van der Waals surface area contributed by atoms with Crippen LogP contribution in [-0.4, -0.2) is 34.1 Å². The summed E-state index contributed by atoms with van der Waals surface area (Å²) >= 11 is 0. The van der Waals surface area contributed by atoms with E-state index in [1.807, 2.05) is 20.8 Å². The summed E-state index contributed by atoms with van der Waals surface area (Å²) < 4.78 is 0. The van der Waals surface area contributed by atoms with Crippen LogP contribution in [0.15, 0.2) is 12.1 Å². The van der Waals surface area contributed by atoms with Gasteiger partial charge in [0, 0.05) is 18.5 Å². The lowest BCUT2D eigenvalue weighted by atomic mass is 10.1. The molecule has 0 bridgehead atoms. The van der Waals surface area contributed by atoms with Gasteiger partial charge in [-0.2, -0.15) is 0 Å². The summed E-state index contributed by atoms with van der Waals surface area (Å²) in [4.78, 5) is 26.3. The molecule has 0 atom stereocenters. The van der Waals surface area contributed by atoms with Crippen molar-refractivity contribution in [2.75, 3.05) is 17.6 Å². The van der Waals surface area contributed by atoms with Gasteiger partial charge < -0.3 is 21.5 Å². The number of hydrogen-bond acceptors (Lipinski definition) is 5. The van der Waals surface area contributed by atoms with Gasteiger partial charge in [0.05, 0.1) is 5.69 Å². The molecule has 1 rings (SSSR count). The van der Waals surface area contributed by atoms with Gasteiger partial charge >= 0.3 is 5.97 Å². The molecule has 1 aromatic rings. The maximum absolute atomic E-state index is 11.6. The summed E-state index contributed by atoms with van der Waals surface area (Å²) in [7, 11) is 0. The third kappa shape index (κ3) is 5.13. The summed E-state index contributed by atoms with van der Waals surface area (Å²) in [6.45, 7) is 6.01. The lowest BCUT2D eigenvalue weighted by Gasteiger charge is -2.20. The van der Waals surface area contributed by atoms with Gasteiger partial charge in [0.25, 0.3) is 0 Å². The number of nitrogens with one attached hydrogen (secondary N) is 2. The van der Waals surface area contributed by atoms with Crippen molar-refractivity contribution in [2.24, 2.45) is 0 Å². The molecule has 0 saturated carbocycles. The number of carboxylic acids is 1. The van der Waals surface area contributed by atoms with Crippen molar-refractivity contribution < 1.29 is 14.7 Å². The highest BCUT2D eigenvalue weighted by molar-refractivity contribution is 5.86. The van der Waals surface area contributed by atoms with Crippen molar-refractivity contribution >= 4 is 23.4 Å². The Bertz CT molecular complexity index is 509. The average molecular weight is 280 g/mol. The Kier molecular flexibility index (Phi) is 4.90. The molecule has 7 heteroatoms. The molecule has 1 heterocycles. The number of amides is 1. The number of rotatable bonds is 5. The lowest BCUT2D eigenvalue weighted by Crippen LogP contribution is -2.41. The SMILES string of the molecule is CC(C)(C)NC(=O)CCNc1nc(C(=O)O)ccc1N. The van der Waals surface area contributed by atoms with Crippen LogP contribution >= 0.6 is 0 Å². The normalized spacial score (nSPS) is 10.9. The van der Waals surface area contributed by atoms with E-state index in [4.69, 9.17) is 10.8 Å². The first-order chi connectivity index (χ1) is 9.19. The van der Waals surface area contributed by atoms with E-state index >= 15 is 0 Å². The van der Waals surface area contributed by atoms with Crippen LogP contribution in [0.3, 0.4) is 0 Å². The second-order valence-corrected chi connectivity index (χ2v) is 5.41. The fraction of sp³-hybridized carbons (Fsp3) is 0.462. The predicted molar refractivity (Wildman–Crippen MR) is 76.6 cm³/mol. The first-order valence-electron chi connectivity index (χ1n) is 6.24. The molecule has 0 aliphatic carbocycles. The smallest absolute Gasteiger partial charge is 0.354 e. The van der Waals surface area contributed by atoms with Gasteiger partial charge in [-0.3, -0.25) is 4.79 Å². The highest BCUT2D eigenvalue weighted by Crippen LogP contribution is 2.15. The van der Waals surface area contributed by atoms with Gasteiger partial charge in [0.1, 0.15) is 5.82 Å². The van der Waals surface area contributed by atoms with Gasteiger partial charge in [-0.25, -0.2) is 9.78 Å². The summed E-state index contributed by atoms with van der Waals surface area (Å²) in [5, 5.41) is 14.5. The van der Waals surface area contributed by atoms with E-state index in [0.717, 1.165) is 0 Å². The van der Waals surface area contributed by atoms with Crippen molar-refractivity contribution in [3.05, 3.63) is 17.8 Å². The van der Waals surface area contributed by atoms with Gasteiger partial charge in [-0.05, 0) is 32.9 Å². The minimum absolute atomic E-state index is 0.0964. The maximum atomic E-state index is 11.6. The van der Waals surface area contributed by atoms with Crippen LogP contribution in [0.25, 0.3) is 0 Å². The van der Waals surface area contributed by atoms with Crippen LogP contribution in [-0.2, 0) is 4.79 Å². The minimum Gasteiger partial charge on any atom is -0.477 e. The Morgan fingerprint density at radius 1 is 1.35 bits per heavy atom. The molecule has 1 aromatic heterocycles. The molecule has 0 aliphatic rings. The Labute approximate surface area is 117 Å². The molecule has 0 radical (unpaired) electrons. The second-order valence-electron chi connectivity index (χ2n) is 5.41. The van der Waals surface area contributed by atoms with Crippen LogP contribution in [0, 0.1) is 0 Å². The highest BCUT2D eigenvalue weighted by Gasteiger charge is 2.13. The molecule has 20 heavy (non-hydrogen) atoms. The Morgan fingerprint density at radius 3 is 2.55 bits per heavy atom. The van der Waals surface area contributed by atoms with Crippen molar-refractivity contribution in [3.8, 4) is 0 Å². The fourth-order valence-electron chi connectivity index (χ4n) is 1.51. The summed E-state index contributed by atoms with van der Waals surface area (Å²) in [5.74, 6) is -0.954. The molecular formula is C13H20N4O3. The van der Waals surface area contributed by atoms with Gasteiger partial charge in [-0.1, -0.05) is 0 Å². The molecule has 0 aromatic carbocycles. The van der Waals surface area contributed by atoms with Crippen LogP contribution in [0.2, 0.25) is 0 Å². The molecular weight excluding hydrogens is 260 g/mol. The van der Waals surface area contributed by atoms with Crippen LogP contribution in [0.5, 0.6) is 0 Å². The van der Waals surface area contributed by atoms with E-state index in [0.29, 0.717) is 12.2 Å². The zero-order chi connectivity index (χ0) is 15.3. The van der Waals surface area contributed by atoms with Gasteiger partial charge in [0.2, 0.25) is 5.91 Å². The molecule has 110 valence electrons. The molecule has 0 aliphatic heterocycles. The summed E-state index contributed by atoms with van der Waals surface area (Å²) in [5.41, 5.74) is 5.65. The predicted octanol–water partition coefficient (Wildman–Crippen LogP) is 1.08. The van der Waals surface area contributed by atoms with Crippen molar-refractivity contribution in [2.45, 2.75) is 32.7 Å². The molecule has 1 amide bonds. The van der Waals surface area contributed by atoms with Crippen molar-refractivity contribution in [1.29, 1.82) is 0 Å². The number of pyridine rings is 1. The Hall–Kier alpha value is -2.31. The number of aromatic nitrogens is 1. The van der Waals surface area contributed by atoms with Gasteiger partial charge in [-0.15, -0.1) is 0 Å². The number of carboxylic acid groups (broad SMARTS) is 1. The van der Waals surface area contributed by atoms with E-state index in [1.54, 1.807) is 0 Å². The zero-order valence-electron chi connectivity index (χ0n) is 11.9. The van der Waals surface area contributed by atoms with E-state index in [9.17, 15) is 9.59 Å². The number of anilines is 2. The van der Waals surface area contributed by atoms with Crippen LogP contribution < -0.4 is 16.4 Å². The lowest BCUT2D eigenvalue weighted by molar-refractivity contribution is -0.122. The van der Waals surface area contributed by atoms with Crippen LogP contribution in [0.4, 0.5) is 11.5 Å². The number of nitrogen functional groups attached to an aromatic ring is 1. The molecule has 0 saturated heterocycles. The van der Waals surface area contributed by atoms with Crippen molar-refractivity contribution in [1.82, 2.24) is 10.3 Å². The molecule has 5 N–H and O–H groups in total. The van der Waals surface area contributed by atoms with E-state index < -0.39 is 5.97 Å². The molecule has 0 unspecified atom stereocenters. The standard InChI is InChI=1S/C13H20N4O3/c1-13(2,3)17-10(18)6-7-15-11-8(14)4-5-9(16-11)12(19)20/h4-5H,6-7,14H2,1-3H3,(H,15,16)(H,17,18)(H,19,20). The highest BCUT2D eigenvalue weighted by atomic mass is 16.4. The summed E-state index contributed by atoms with van der Waals surface area (Å²) in [6, 6.07) is 2.79. The minimum atomic E-state index is -1.13. The maximum Gasteiger partial charge on any atom is 0.354 e. The number of carbonyl (C=O) groups is 2. The number of hydrogen-bond donors (Lipinski definition) is 4. The molecule has 0 fully saturated rings. The zero-order valence-corrected chi connectivity index (χ0v) is 11.9. The van der Waals surface area contributed by atoms with Crippen LogP contribution in [0.1, 0.15) is 37.7 Å². The Balaban J connectivity index is 2.56. The fourth-order valence-corrected chi connectivity index (χ4v) is 1.51. The van der Waals surface area contributed by atoms with E-state index in [-0.39, 0.29) is 29.4 Å². The number of nitrogens with two attached hydrogens (primary N) is 1. The average Bonchev–Trinajstić information content (AvgIpc) is 2.28. The third-order valence-corrected chi connectivity index (χ3v) is 2.30. The third-order valence-electron chi connectivity index (χ3n) is 2.30. The monoisotopic (exact) mass is 280 g/mol. The van der Waals surface area contributed by atoms with E-state index in [2.05, 4.69) is 15.6 Å². The topological polar surface area (TPSA) is 117 Å². The first kappa shape index (κ1) is 15.7. The molecule has 0 spiro atoms. The largest absolute Gasteiger partial charge is 0.477 e. The van der Waals surface area contributed by atoms with Crippen molar-refractivity contribution in [3.63, 3.8) is 0 Å². The first-order valence-corrected chi connectivity index (χ1v) is 6.24. The Morgan fingerprint density at radius 2 is 2.00 bits per heavy atom. The van der Waals surface area contributed by atoms with E-state index in [1.165, 1.54) is 12.1 Å². The summed E-state index contributed by atoms with van der Waals surface area (Å²) in [6.07, 6.45) is 0.246. The number of aromatic carboxylic acids is 1. The number of carbonyl (C=O) groups excluding carboxylic acids is 1.